The van der Waals surface area contributed by atoms with Crippen LogP contribution in [0.1, 0.15) is 10.4 Å². The molecule has 0 aromatic heterocycles. The van der Waals surface area contributed by atoms with Gasteiger partial charge in [0.15, 0.2) is 0 Å². The highest BCUT2D eigenvalue weighted by Gasteiger charge is 2.08. The zero-order valence-electron chi connectivity index (χ0n) is 12.2. The van der Waals surface area contributed by atoms with Crippen molar-refractivity contribution in [3.05, 3.63) is 54.1 Å². The van der Waals surface area contributed by atoms with Gasteiger partial charge in [0.2, 0.25) is 0 Å². The minimum Gasteiger partial charge on any atom is -0.497 e. The molecule has 2 aromatic carbocycles. The summed E-state index contributed by atoms with van der Waals surface area (Å²) in [6.07, 6.45) is 0. The Kier molecular flexibility index (Phi) is 5.43. The van der Waals surface area contributed by atoms with Gasteiger partial charge in [-0.25, -0.2) is 4.79 Å². The standard InChI is InChI=1S/C16H15NO4S/c1-20-13-7-5-12(6-8-13)17-16(19)22-14-9-3-11(4-10-14)15(18)21-2/h3-10H,1-2H3,(H,17,19). The van der Waals surface area contributed by atoms with Crippen LogP contribution in [0.5, 0.6) is 5.75 Å². The van der Waals surface area contributed by atoms with Gasteiger partial charge in [-0.3, -0.25) is 4.79 Å². The number of nitrogens with one attached hydrogen (secondary N) is 1. The Labute approximate surface area is 132 Å². The Bertz CT molecular complexity index is 653. The van der Waals surface area contributed by atoms with E-state index in [1.54, 1.807) is 55.6 Å². The molecule has 5 nitrogen and oxygen atoms in total. The summed E-state index contributed by atoms with van der Waals surface area (Å²) in [5.74, 6) is 0.322. The average molecular weight is 317 g/mol. The van der Waals surface area contributed by atoms with Crippen LogP contribution in [0.25, 0.3) is 0 Å². The first-order valence-electron chi connectivity index (χ1n) is 6.43. The van der Waals surface area contributed by atoms with Gasteiger partial charge in [-0.2, -0.15) is 0 Å². The van der Waals surface area contributed by atoms with E-state index < -0.39 is 5.97 Å². The van der Waals surface area contributed by atoms with Crippen LogP contribution in [0.3, 0.4) is 0 Å². The number of methoxy groups -OCH3 is 2. The van der Waals surface area contributed by atoms with E-state index in [0.717, 1.165) is 22.4 Å². The summed E-state index contributed by atoms with van der Waals surface area (Å²) in [5, 5.41) is 2.56. The number of anilines is 1. The fraction of sp³-hybridized carbons (Fsp3) is 0.125. The third-order valence-electron chi connectivity index (χ3n) is 2.82. The number of carbonyl (C=O) groups is 2. The monoisotopic (exact) mass is 317 g/mol. The molecule has 0 aliphatic rings. The first kappa shape index (κ1) is 15.9. The van der Waals surface area contributed by atoms with Crippen molar-refractivity contribution in [1.29, 1.82) is 0 Å². The summed E-state index contributed by atoms with van der Waals surface area (Å²) in [6, 6.07) is 13.7. The lowest BCUT2D eigenvalue weighted by molar-refractivity contribution is 0.0600. The number of hydrogen-bond donors (Lipinski definition) is 1. The van der Waals surface area contributed by atoms with E-state index in [9.17, 15) is 9.59 Å². The van der Waals surface area contributed by atoms with Crippen LogP contribution >= 0.6 is 11.8 Å². The molecule has 0 spiro atoms. The summed E-state index contributed by atoms with van der Waals surface area (Å²) in [7, 11) is 2.91. The molecular weight excluding hydrogens is 302 g/mol. The predicted octanol–water partition coefficient (Wildman–Crippen LogP) is 3.81. The van der Waals surface area contributed by atoms with Crippen LogP contribution in [0, 0.1) is 0 Å². The van der Waals surface area contributed by atoms with Gasteiger partial charge in [0.1, 0.15) is 5.75 Å². The van der Waals surface area contributed by atoms with Crippen molar-refractivity contribution in [2.75, 3.05) is 19.5 Å². The van der Waals surface area contributed by atoms with Crippen molar-refractivity contribution in [2.24, 2.45) is 0 Å². The predicted molar refractivity (Wildman–Crippen MR) is 85.7 cm³/mol. The third kappa shape index (κ3) is 4.26. The molecule has 0 aliphatic carbocycles. The quantitative estimate of drug-likeness (QED) is 0.686. The van der Waals surface area contributed by atoms with Crippen LogP contribution < -0.4 is 10.1 Å². The SMILES string of the molecule is COC(=O)c1ccc(SC(=O)Nc2ccc(OC)cc2)cc1. The number of thioether (sulfide) groups is 1. The number of hydrogen-bond acceptors (Lipinski definition) is 5. The smallest absolute Gasteiger partial charge is 0.337 e. The average Bonchev–Trinajstić information content (AvgIpc) is 2.55. The lowest BCUT2D eigenvalue weighted by Gasteiger charge is -2.06. The van der Waals surface area contributed by atoms with Crippen LogP contribution in [-0.4, -0.2) is 25.4 Å². The summed E-state index contributed by atoms with van der Waals surface area (Å²) in [4.78, 5) is 24.0. The molecular formula is C16H15NO4S. The Hall–Kier alpha value is -2.47. The van der Waals surface area contributed by atoms with Crippen molar-refractivity contribution < 1.29 is 19.1 Å². The topological polar surface area (TPSA) is 64.6 Å². The second kappa shape index (κ2) is 7.51. The lowest BCUT2D eigenvalue weighted by Crippen LogP contribution is -2.04. The van der Waals surface area contributed by atoms with Crippen molar-refractivity contribution in [2.45, 2.75) is 4.90 Å². The summed E-state index contributed by atoms with van der Waals surface area (Å²) >= 11 is 1.04. The molecule has 0 unspecified atom stereocenters. The van der Waals surface area contributed by atoms with Crippen LogP contribution in [0.4, 0.5) is 10.5 Å². The fourth-order valence-electron chi connectivity index (χ4n) is 1.70. The zero-order valence-corrected chi connectivity index (χ0v) is 13.0. The first-order chi connectivity index (χ1) is 10.6. The molecule has 2 rings (SSSR count). The van der Waals surface area contributed by atoms with E-state index in [2.05, 4.69) is 10.1 Å². The van der Waals surface area contributed by atoms with Crippen molar-refractivity contribution in [3.8, 4) is 5.75 Å². The van der Waals surface area contributed by atoms with E-state index in [4.69, 9.17) is 4.74 Å². The van der Waals surface area contributed by atoms with Crippen LogP contribution in [-0.2, 0) is 4.74 Å². The third-order valence-corrected chi connectivity index (χ3v) is 3.62. The molecule has 114 valence electrons. The molecule has 0 saturated carbocycles. The summed E-state index contributed by atoms with van der Waals surface area (Å²) in [6.45, 7) is 0. The Morgan fingerprint density at radius 1 is 0.955 bits per heavy atom. The van der Waals surface area contributed by atoms with Crippen molar-refractivity contribution in [3.63, 3.8) is 0 Å². The van der Waals surface area contributed by atoms with Gasteiger partial charge in [0, 0.05) is 10.6 Å². The van der Waals surface area contributed by atoms with Gasteiger partial charge in [0.25, 0.3) is 5.24 Å². The maximum Gasteiger partial charge on any atom is 0.337 e. The van der Waals surface area contributed by atoms with E-state index in [1.807, 2.05) is 0 Å². The van der Waals surface area contributed by atoms with E-state index in [0.29, 0.717) is 11.3 Å². The minimum absolute atomic E-state index is 0.212. The molecule has 0 aliphatic heterocycles. The number of rotatable bonds is 4. The Morgan fingerprint density at radius 3 is 2.14 bits per heavy atom. The molecule has 0 radical (unpaired) electrons. The number of carbonyl (C=O) groups excluding carboxylic acids is 2. The molecule has 0 heterocycles. The lowest BCUT2D eigenvalue weighted by atomic mass is 10.2. The normalized spacial score (nSPS) is 9.91. The van der Waals surface area contributed by atoms with Gasteiger partial charge in [0.05, 0.1) is 19.8 Å². The molecule has 0 fully saturated rings. The molecule has 1 N–H and O–H groups in total. The maximum absolute atomic E-state index is 11.9. The number of esters is 1. The van der Waals surface area contributed by atoms with Gasteiger partial charge < -0.3 is 14.8 Å². The highest BCUT2D eigenvalue weighted by molar-refractivity contribution is 8.13. The van der Waals surface area contributed by atoms with E-state index in [1.165, 1.54) is 7.11 Å². The highest BCUT2D eigenvalue weighted by Crippen LogP contribution is 2.22. The number of amides is 1. The second-order valence-corrected chi connectivity index (χ2v) is 5.31. The van der Waals surface area contributed by atoms with Gasteiger partial charge in [-0.15, -0.1) is 0 Å². The molecule has 0 saturated heterocycles. The minimum atomic E-state index is -0.403. The van der Waals surface area contributed by atoms with E-state index in [-0.39, 0.29) is 5.24 Å². The van der Waals surface area contributed by atoms with Crippen molar-refractivity contribution >= 4 is 28.7 Å². The van der Waals surface area contributed by atoms with Gasteiger partial charge in [-0.1, -0.05) is 0 Å². The molecule has 6 heteroatoms. The summed E-state index contributed by atoms with van der Waals surface area (Å²) < 4.78 is 9.67. The van der Waals surface area contributed by atoms with Crippen molar-refractivity contribution in [1.82, 2.24) is 0 Å². The second-order valence-electron chi connectivity index (χ2n) is 4.26. The van der Waals surface area contributed by atoms with Crippen LogP contribution in [0.15, 0.2) is 53.4 Å². The van der Waals surface area contributed by atoms with Gasteiger partial charge >= 0.3 is 5.97 Å². The molecule has 0 bridgehead atoms. The number of ether oxygens (including phenoxy) is 2. The molecule has 0 atom stereocenters. The fourth-order valence-corrected chi connectivity index (χ4v) is 2.36. The molecule has 2 aromatic rings. The van der Waals surface area contributed by atoms with E-state index >= 15 is 0 Å². The largest absolute Gasteiger partial charge is 0.497 e. The zero-order chi connectivity index (χ0) is 15.9. The molecule has 22 heavy (non-hydrogen) atoms. The maximum atomic E-state index is 11.9. The summed E-state index contributed by atoms with van der Waals surface area (Å²) in [5.41, 5.74) is 1.13. The highest BCUT2D eigenvalue weighted by atomic mass is 32.2. The Balaban J connectivity index is 1.94. The van der Waals surface area contributed by atoms with Crippen LogP contribution in [0.2, 0.25) is 0 Å². The van der Waals surface area contributed by atoms with Gasteiger partial charge in [-0.05, 0) is 60.3 Å². The molecule has 1 amide bonds. The number of benzene rings is 2. The Morgan fingerprint density at radius 2 is 1.59 bits per heavy atom. The first-order valence-corrected chi connectivity index (χ1v) is 7.25.